The fraction of sp³-hybridized carbons (Fsp3) is 0.0769. The number of amides is 1. The number of carbonyl (C=O) groups is 1. The van der Waals surface area contributed by atoms with Gasteiger partial charge in [-0.05, 0) is 42.8 Å². The van der Waals surface area contributed by atoms with E-state index < -0.39 is 0 Å². The molecular weight excluding hydrogens is 422 g/mol. The number of aromatic nitrogens is 1. The lowest BCUT2D eigenvalue weighted by Crippen LogP contribution is -2.16. The molecule has 0 atom stereocenters. The van der Waals surface area contributed by atoms with Gasteiger partial charge in [0, 0.05) is 39.1 Å². The maximum atomic E-state index is 12.5. The number of benzene rings is 3. The van der Waals surface area contributed by atoms with E-state index in [0.717, 1.165) is 38.1 Å². The SMILES string of the molecule is Cc1c(/C=N/NC(=O)c2cc3ccccc3o2)c2ccccc2n1Cc1ccc(Cl)cc1. The Hall–Kier alpha value is -3.83. The van der Waals surface area contributed by atoms with Gasteiger partial charge >= 0.3 is 5.91 Å². The molecule has 5 aromatic rings. The number of hydrazone groups is 1. The molecule has 5 nitrogen and oxygen atoms in total. The molecule has 0 saturated heterocycles. The van der Waals surface area contributed by atoms with Crippen molar-refractivity contribution in [2.75, 3.05) is 0 Å². The van der Waals surface area contributed by atoms with Crippen LogP contribution in [0.5, 0.6) is 0 Å². The van der Waals surface area contributed by atoms with Crippen LogP contribution in [0, 0.1) is 6.92 Å². The molecule has 2 aromatic heterocycles. The number of hydrogen-bond donors (Lipinski definition) is 1. The second-order valence-electron chi connectivity index (χ2n) is 7.58. The van der Waals surface area contributed by atoms with Gasteiger partial charge in [0.15, 0.2) is 5.76 Å². The highest BCUT2D eigenvalue weighted by Gasteiger charge is 2.14. The van der Waals surface area contributed by atoms with Crippen LogP contribution in [0.3, 0.4) is 0 Å². The Labute approximate surface area is 189 Å². The first kappa shape index (κ1) is 20.1. The van der Waals surface area contributed by atoms with Crippen LogP contribution < -0.4 is 5.43 Å². The zero-order valence-electron chi connectivity index (χ0n) is 17.4. The summed E-state index contributed by atoms with van der Waals surface area (Å²) in [6, 6.07) is 25.2. The number of nitrogens with zero attached hydrogens (tertiary/aromatic N) is 2. The third-order valence-electron chi connectivity index (χ3n) is 5.54. The van der Waals surface area contributed by atoms with Crippen molar-refractivity contribution in [3.05, 3.63) is 106 Å². The smallest absolute Gasteiger partial charge is 0.307 e. The lowest BCUT2D eigenvalue weighted by atomic mass is 10.1. The summed E-state index contributed by atoms with van der Waals surface area (Å²) >= 11 is 6.03. The molecule has 0 spiro atoms. The molecule has 0 radical (unpaired) electrons. The molecule has 0 saturated carbocycles. The molecule has 0 fully saturated rings. The van der Waals surface area contributed by atoms with Crippen LogP contribution in [0.1, 0.15) is 27.4 Å². The van der Waals surface area contributed by atoms with E-state index in [1.54, 1.807) is 12.3 Å². The Balaban J connectivity index is 1.42. The van der Waals surface area contributed by atoms with E-state index >= 15 is 0 Å². The van der Waals surface area contributed by atoms with E-state index in [1.165, 1.54) is 0 Å². The predicted molar refractivity (Wildman–Crippen MR) is 129 cm³/mol. The first-order valence-corrected chi connectivity index (χ1v) is 10.6. The molecule has 0 aliphatic rings. The van der Waals surface area contributed by atoms with E-state index in [0.29, 0.717) is 12.1 Å². The number of hydrogen-bond acceptors (Lipinski definition) is 3. The van der Waals surface area contributed by atoms with Crippen molar-refractivity contribution in [2.24, 2.45) is 5.10 Å². The first-order valence-electron chi connectivity index (χ1n) is 10.2. The summed E-state index contributed by atoms with van der Waals surface area (Å²) in [5.41, 5.74) is 7.52. The van der Waals surface area contributed by atoms with Crippen molar-refractivity contribution in [1.82, 2.24) is 9.99 Å². The molecule has 6 heteroatoms. The van der Waals surface area contributed by atoms with Gasteiger partial charge in [-0.15, -0.1) is 0 Å². The number of rotatable bonds is 5. The molecule has 32 heavy (non-hydrogen) atoms. The summed E-state index contributed by atoms with van der Waals surface area (Å²) in [4.78, 5) is 12.5. The van der Waals surface area contributed by atoms with Crippen molar-refractivity contribution in [3.63, 3.8) is 0 Å². The molecule has 3 aromatic carbocycles. The fourth-order valence-corrected chi connectivity index (χ4v) is 4.03. The number of halogens is 1. The summed E-state index contributed by atoms with van der Waals surface area (Å²) in [5.74, 6) is -0.162. The molecule has 1 N–H and O–H groups in total. The highest BCUT2D eigenvalue weighted by Crippen LogP contribution is 2.26. The zero-order chi connectivity index (χ0) is 22.1. The normalized spacial score (nSPS) is 11.6. The summed E-state index contributed by atoms with van der Waals surface area (Å²) in [7, 11) is 0. The standard InChI is InChI=1S/C26H20ClN3O2/c1-17-22(15-28-29-26(31)25-14-19-6-2-5-9-24(19)32-25)21-7-3-4-8-23(21)30(17)16-18-10-12-20(27)13-11-18/h2-15H,16H2,1H3,(H,29,31)/b28-15+. The molecular formula is C26H20ClN3O2. The highest BCUT2D eigenvalue weighted by molar-refractivity contribution is 6.30. The highest BCUT2D eigenvalue weighted by atomic mass is 35.5. The fourth-order valence-electron chi connectivity index (χ4n) is 3.90. The molecule has 0 aliphatic heterocycles. The number of furan rings is 1. The Morgan fingerprint density at radius 3 is 2.62 bits per heavy atom. The van der Waals surface area contributed by atoms with Crippen molar-refractivity contribution >= 4 is 45.6 Å². The molecule has 0 unspecified atom stereocenters. The van der Waals surface area contributed by atoms with E-state index in [9.17, 15) is 4.79 Å². The van der Waals surface area contributed by atoms with E-state index in [1.807, 2.05) is 60.7 Å². The third-order valence-corrected chi connectivity index (χ3v) is 5.79. The van der Waals surface area contributed by atoms with Gasteiger partial charge in [0.25, 0.3) is 0 Å². The quantitative estimate of drug-likeness (QED) is 0.262. The monoisotopic (exact) mass is 441 g/mol. The summed E-state index contributed by atoms with van der Waals surface area (Å²) in [5, 5.41) is 6.88. The minimum Gasteiger partial charge on any atom is -0.451 e. The Morgan fingerprint density at radius 1 is 1.06 bits per heavy atom. The van der Waals surface area contributed by atoms with Crippen molar-refractivity contribution < 1.29 is 9.21 Å². The third kappa shape index (κ3) is 3.79. The second kappa shape index (κ2) is 8.36. The van der Waals surface area contributed by atoms with Gasteiger partial charge in [0.2, 0.25) is 0 Å². The van der Waals surface area contributed by atoms with Crippen molar-refractivity contribution in [1.29, 1.82) is 0 Å². The molecule has 2 heterocycles. The predicted octanol–water partition coefficient (Wildman–Crippen LogP) is 6.16. The molecule has 1 amide bonds. The largest absolute Gasteiger partial charge is 0.451 e. The summed E-state index contributed by atoms with van der Waals surface area (Å²) in [6.07, 6.45) is 1.69. The van der Waals surface area contributed by atoms with Crippen LogP contribution in [-0.4, -0.2) is 16.7 Å². The number of carbonyl (C=O) groups excluding carboxylic acids is 1. The first-order chi connectivity index (χ1) is 15.6. The van der Waals surface area contributed by atoms with Gasteiger partial charge in [0.05, 0.1) is 6.21 Å². The van der Waals surface area contributed by atoms with Crippen LogP contribution in [-0.2, 0) is 6.54 Å². The van der Waals surface area contributed by atoms with Gasteiger partial charge in [-0.2, -0.15) is 5.10 Å². The van der Waals surface area contributed by atoms with Crippen LogP contribution >= 0.6 is 11.6 Å². The van der Waals surface area contributed by atoms with Crippen molar-refractivity contribution in [2.45, 2.75) is 13.5 Å². The summed E-state index contributed by atoms with van der Waals surface area (Å²) in [6.45, 7) is 2.76. The minimum absolute atomic E-state index is 0.227. The minimum atomic E-state index is -0.389. The average Bonchev–Trinajstić information content (AvgIpc) is 3.36. The van der Waals surface area contributed by atoms with Gasteiger partial charge < -0.3 is 8.98 Å². The maximum Gasteiger partial charge on any atom is 0.307 e. The van der Waals surface area contributed by atoms with E-state index in [2.05, 4.69) is 34.2 Å². The Kier molecular flexibility index (Phi) is 5.25. The topological polar surface area (TPSA) is 59.5 Å². The van der Waals surface area contributed by atoms with Gasteiger partial charge in [-0.3, -0.25) is 4.79 Å². The summed E-state index contributed by atoms with van der Waals surface area (Å²) < 4.78 is 7.84. The molecule has 158 valence electrons. The lowest BCUT2D eigenvalue weighted by molar-refractivity contribution is 0.0929. The Morgan fingerprint density at radius 2 is 1.81 bits per heavy atom. The molecule has 0 bridgehead atoms. The van der Waals surface area contributed by atoms with Gasteiger partial charge in [-0.1, -0.05) is 60.1 Å². The average molecular weight is 442 g/mol. The van der Waals surface area contributed by atoms with Crippen LogP contribution in [0.15, 0.2) is 88.4 Å². The van der Waals surface area contributed by atoms with Crippen LogP contribution in [0.25, 0.3) is 21.9 Å². The van der Waals surface area contributed by atoms with Crippen LogP contribution in [0.2, 0.25) is 5.02 Å². The lowest BCUT2D eigenvalue weighted by Gasteiger charge is -2.09. The van der Waals surface area contributed by atoms with Gasteiger partial charge in [-0.25, -0.2) is 5.43 Å². The number of nitrogens with one attached hydrogen (secondary N) is 1. The van der Waals surface area contributed by atoms with Gasteiger partial charge in [0.1, 0.15) is 5.58 Å². The number of fused-ring (bicyclic) bond motifs is 2. The Bertz CT molecular complexity index is 1430. The van der Waals surface area contributed by atoms with E-state index in [-0.39, 0.29) is 11.7 Å². The maximum absolute atomic E-state index is 12.5. The molecule has 5 rings (SSSR count). The van der Waals surface area contributed by atoms with Crippen molar-refractivity contribution in [3.8, 4) is 0 Å². The second-order valence-corrected chi connectivity index (χ2v) is 8.01. The molecule has 0 aliphatic carbocycles. The van der Waals surface area contributed by atoms with Crippen LogP contribution in [0.4, 0.5) is 0 Å². The zero-order valence-corrected chi connectivity index (χ0v) is 18.1. The van der Waals surface area contributed by atoms with E-state index in [4.69, 9.17) is 16.0 Å². The number of para-hydroxylation sites is 2.